The number of benzene rings is 2. The maximum Gasteiger partial charge on any atom is 0.242 e. The first-order valence-corrected chi connectivity index (χ1v) is 12.4. The highest BCUT2D eigenvalue weighted by Crippen LogP contribution is 2.22. The van der Waals surface area contributed by atoms with E-state index in [0.29, 0.717) is 36.0 Å². The van der Waals surface area contributed by atoms with E-state index in [9.17, 15) is 9.59 Å². The van der Waals surface area contributed by atoms with E-state index in [1.165, 1.54) is 11.8 Å². The van der Waals surface area contributed by atoms with E-state index in [2.05, 4.69) is 18.3 Å². The molecule has 2 aromatic rings. The highest BCUT2D eigenvalue weighted by molar-refractivity contribution is 7.99. The van der Waals surface area contributed by atoms with Crippen molar-refractivity contribution in [1.82, 2.24) is 10.2 Å². The maximum absolute atomic E-state index is 13.2. The van der Waals surface area contributed by atoms with Crippen LogP contribution in [0.2, 0.25) is 5.02 Å². The largest absolute Gasteiger partial charge is 0.354 e. The molecule has 0 heterocycles. The summed E-state index contributed by atoms with van der Waals surface area (Å²) in [6.07, 6.45) is 2.52. The molecule has 0 fully saturated rings. The topological polar surface area (TPSA) is 49.4 Å². The smallest absolute Gasteiger partial charge is 0.242 e. The van der Waals surface area contributed by atoms with Crippen molar-refractivity contribution in [3.63, 3.8) is 0 Å². The fraction of sp³-hybridized carbons (Fsp3) is 0.440. The zero-order valence-corrected chi connectivity index (χ0v) is 20.3. The Balaban J connectivity index is 2.11. The normalized spacial score (nSPS) is 11.7. The number of amides is 2. The molecule has 31 heavy (non-hydrogen) atoms. The van der Waals surface area contributed by atoms with Gasteiger partial charge in [0.15, 0.2) is 0 Å². The fourth-order valence-corrected chi connectivity index (χ4v) is 4.58. The van der Waals surface area contributed by atoms with E-state index in [4.69, 9.17) is 11.6 Å². The van der Waals surface area contributed by atoms with E-state index in [1.54, 1.807) is 4.90 Å². The summed E-state index contributed by atoms with van der Waals surface area (Å²) < 4.78 is 0. The van der Waals surface area contributed by atoms with Crippen molar-refractivity contribution in [3.05, 3.63) is 70.2 Å². The molecular formula is C25H33ClN2O2S. The van der Waals surface area contributed by atoms with E-state index in [1.807, 2.05) is 56.3 Å². The molecule has 0 bridgehead atoms. The summed E-state index contributed by atoms with van der Waals surface area (Å²) in [6.45, 7) is 7.14. The van der Waals surface area contributed by atoms with Gasteiger partial charge in [0.1, 0.15) is 6.04 Å². The third-order valence-electron chi connectivity index (χ3n) is 5.09. The van der Waals surface area contributed by atoms with Gasteiger partial charge in [-0.1, -0.05) is 79.9 Å². The molecule has 1 unspecified atom stereocenters. The van der Waals surface area contributed by atoms with Gasteiger partial charge >= 0.3 is 0 Å². The number of nitrogens with one attached hydrogen (secondary N) is 1. The average Bonchev–Trinajstić information content (AvgIpc) is 2.75. The van der Waals surface area contributed by atoms with E-state index in [0.717, 1.165) is 29.5 Å². The van der Waals surface area contributed by atoms with Crippen LogP contribution in [0.15, 0.2) is 48.5 Å². The molecule has 0 saturated carbocycles. The summed E-state index contributed by atoms with van der Waals surface area (Å²) >= 11 is 7.76. The number of carbonyl (C=O) groups is 2. The molecule has 1 N–H and O–H groups in total. The van der Waals surface area contributed by atoms with E-state index in [-0.39, 0.29) is 11.8 Å². The van der Waals surface area contributed by atoms with Crippen molar-refractivity contribution < 1.29 is 9.59 Å². The molecule has 0 spiro atoms. The first-order valence-electron chi connectivity index (χ1n) is 10.9. The molecule has 0 radical (unpaired) electrons. The van der Waals surface area contributed by atoms with E-state index < -0.39 is 6.04 Å². The quantitative estimate of drug-likeness (QED) is 0.419. The Bertz CT molecular complexity index is 859. The minimum atomic E-state index is -0.481. The monoisotopic (exact) mass is 460 g/mol. The van der Waals surface area contributed by atoms with Gasteiger partial charge in [0.2, 0.25) is 11.8 Å². The van der Waals surface area contributed by atoms with Gasteiger partial charge in [-0.15, -0.1) is 11.8 Å². The van der Waals surface area contributed by atoms with Crippen LogP contribution in [0.5, 0.6) is 0 Å². The first kappa shape index (κ1) is 25.3. The maximum atomic E-state index is 13.2. The Morgan fingerprint density at radius 1 is 1.13 bits per heavy atom. The zero-order valence-electron chi connectivity index (χ0n) is 18.7. The minimum Gasteiger partial charge on any atom is -0.354 e. The Morgan fingerprint density at radius 3 is 2.58 bits per heavy atom. The molecule has 1 atom stereocenters. The summed E-state index contributed by atoms with van der Waals surface area (Å²) in [5.74, 6) is 0.850. The lowest BCUT2D eigenvalue weighted by atomic mass is 10.1. The molecule has 2 rings (SSSR count). The Kier molecular flexibility index (Phi) is 11.0. The number of hydrogen-bond acceptors (Lipinski definition) is 3. The number of halogens is 1. The molecular weight excluding hydrogens is 428 g/mol. The highest BCUT2D eigenvalue weighted by Gasteiger charge is 2.28. The second-order valence-corrected chi connectivity index (χ2v) is 9.06. The van der Waals surface area contributed by atoms with Gasteiger partial charge in [0.05, 0.1) is 5.75 Å². The summed E-state index contributed by atoms with van der Waals surface area (Å²) in [4.78, 5) is 27.8. The van der Waals surface area contributed by atoms with Crippen molar-refractivity contribution >= 4 is 35.2 Å². The molecule has 0 aliphatic carbocycles. The van der Waals surface area contributed by atoms with Gasteiger partial charge in [-0.25, -0.2) is 0 Å². The number of carbonyl (C=O) groups excluding carboxylic acids is 2. The van der Waals surface area contributed by atoms with Crippen LogP contribution < -0.4 is 5.32 Å². The van der Waals surface area contributed by atoms with Crippen LogP contribution in [0.4, 0.5) is 0 Å². The summed E-state index contributed by atoms with van der Waals surface area (Å²) in [7, 11) is 0. The molecule has 2 amide bonds. The van der Waals surface area contributed by atoms with Crippen molar-refractivity contribution in [1.29, 1.82) is 0 Å². The van der Waals surface area contributed by atoms with Crippen LogP contribution >= 0.6 is 23.4 Å². The second-order valence-electron chi connectivity index (χ2n) is 7.66. The Hall–Kier alpha value is -1.98. The van der Waals surface area contributed by atoms with Crippen LogP contribution in [0, 0.1) is 6.92 Å². The number of unbranched alkanes of at least 4 members (excludes halogenated alkanes) is 1. The van der Waals surface area contributed by atoms with Gasteiger partial charge in [0, 0.05) is 23.9 Å². The lowest BCUT2D eigenvalue weighted by molar-refractivity contribution is -0.139. The number of thioether (sulfide) groups is 1. The molecule has 0 aliphatic heterocycles. The Morgan fingerprint density at radius 2 is 1.90 bits per heavy atom. The molecule has 0 aromatic heterocycles. The van der Waals surface area contributed by atoms with Crippen molar-refractivity contribution in [2.45, 2.75) is 58.4 Å². The molecule has 0 saturated heterocycles. The van der Waals surface area contributed by atoms with E-state index >= 15 is 0 Å². The van der Waals surface area contributed by atoms with Crippen molar-refractivity contribution in [2.75, 3.05) is 12.3 Å². The number of rotatable bonds is 12. The van der Waals surface area contributed by atoms with Crippen molar-refractivity contribution in [2.24, 2.45) is 0 Å². The third kappa shape index (κ3) is 8.23. The molecule has 0 aliphatic rings. The zero-order chi connectivity index (χ0) is 22.6. The second kappa shape index (κ2) is 13.4. The predicted octanol–water partition coefficient (Wildman–Crippen LogP) is 5.61. The van der Waals surface area contributed by atoms with Crippen LogP contribution in [-0.2, 0) is 21.9 Å². The van der Waals surface area contributed by atoms with Gasteiger partial charge in [-0.3, -0.25) is 9.59 Å². The van der Waals surface area contributed by atoms with Crippen LogP contribution in [-0.4, -0.2) is 35.1 Å². The molecule has 4 nitrogen and oxygen atoms in total. The minimum absolute atomic E-state index is 0.0314. The number of hydrogen-bond donors (Lipinski definition) is 1. The average molecular weight is 461 g/mol. The van der Waals surface area contributed by atoms with Crippen LogP contribution in [0.25, 0.3) is 0 Å². The first-order chi connectivity index (χ1) is 15.0. The number of aryl methyl sites for hydroxylation is 1. The standard InChI is InChI=1S/C25H33ClN2O2S/c1-4-6-14-27-25(30)23(5-2)28(16-20-11-9-10-19(3)15-20)24(29)18-31-17-21-12-7-8-13-22(21)26/h7-13,15,23H,4-6,14,16-18H2,1-3H3,(H,27,30). The van der Waals surface area contributed by atoms with Gasteiger partial charge in [-0.2, -0.15) is 0 Å². The summed E-state index contributed by atoms with van der Waals surface area (Å²) in [5.41, 5.74) is 3.18. The van der Waals surface area contributed by atoms with Gasteiger partial charge < -0.3 is 10.2 Å². The highest BCUT2D eigenvalue weighted by atomic mass is 35.5. The van der Waals surface area contributed by atoms with Crippen LogP contribution in [0.1, 0.15) is 49.8 Å². The van der Waals surface area contributed by atoms with Crippen molar-refractivity contribution in [3.8, 4) is 0 Å². The lowest BCUT2D eigenvalue weighted by Gasteiger charge is -2.30. The van der Waals surface area contributed by atoms with Gasteiger partial charge in [-0.05, 0) is 37.0 Å². The Labute approximate surface area is 195 Å². The SMILES string of the molecule is CCCCNC(=O)C(CC)N(Cc1cccc(C)c1)C(=O)CSCc1ccccc1Cl. The summed E-state index contributed by atoms with van der Waals surface area (Å²) in [5, 5.41) is 3.71. The van der Waals surface area contributed by atoms with Crippen LogP contribution in [0.3, 0.4) is 0 Å². The summed E-state index contributed by atoms with van der Waals surface area (Å²) in [6, 6.07) is 15.3. The number of nitrogens with zero attached hydrogens (tertiary/aromatic N) is 1. The molecule has 168 valence electrons. The predicted molar refractivity (Wildman–Crippen MR) is 131 cm³/mol. The lowest BCUT2D eigenvalue weighted by Crippen LogP contribution is -2.49. The molecule has 6 heteroatoms. The fourth-order valence-electron chi connectivity index (χ4n) is 3.38. The molecule has 2 aromatic carbocycles. The van der Waals surface area contributed by atoms with Gasteiger partial charge in [0.25, 0.3) is 0 Å². The third-order valence-corrected chi connectivity index (χ3v) is 6.43.